The lowest BCUT2D eigenvalue weighted by atomic mass is 10.1. The molecule has 2 saturated heterocycles. The molecule has 2 bridgehead atoms. The number of hydrogen-bond donors (Lipinski definition) is 1. The summed E-state index contributed by atoms with van der Waals surface area (Å²) in [5.41, 5.74) is 0. The molecular formula is C11H21N3O3S. The second-order valence-corrected chi connectivity index (χ2v) is 7.23. The van der Waals surface area contributed by atoms with Gasteiger partial charge in [-0.15, -0.1) is 0 Å². The smallest absolute Gasteiger partial charge is 0.226 e. The summed E-state index contributed by atoms with van der Waals surface area (Å²) >= 11 is 0. The van der Waals surface area contributed by atoms with Gasteiger partial charge in [-0.05, 0) is 13.5 Å². The van der Waals surface area contributed by atoms with Crippen LogP contribution in [0.2, 0.25) is 0 Å². The van der Waals surface area contributed by atoms with Crippen molar-refractivity contribution in [2.45, 2.75) is 19.9 Å². The summed E-state index contributed by atoms with van der Waals surface area (Å²) in [6.07, 6.45) is 0. The lowest BCUT2D eigenvalue weighted by molar-refractivity contribution is -0.124. The molecule has 1 N–H and O–H groups in total. The van der Waals surface area contributed by atoms with Gasteiger partial charge in [-0.1, -0.05) is 6.92 Å². The fourth-order valence-electron chi connectivity index (χ4n) is 2.62. The van der Waals surface area contributed by atoms with Crippen molar-refractivity contribution >= 4 is 15.9 Å². The molecule has 2 rings (SSSR count). The number of fused-ring (bicyclic) bond motifs is 3. The minimum atomic E-state index is -3.21. The summed E-state index contributed by atoms with van der Waals surface area (Å²) in [4.78, 5) is 14.2. The minimum Gasteiger partial charge on any atom is -0.350 e. The molecule has 7 heteroatoms. The Morgan fingerprint density at radius 1 is 1.22 bits per heavy atom. The van der Waals surface area contributed by atoms with E-state index in [2.05, 4.69) is 17.1 Å². The van der Waals surface area contributed by atoms with E-state index >= 15 is 0 Å². The third kappa shape index (κ3) is 2.67. The van der Waals surface area contributed by atoms with Crippen molar-refractivity contribution in [2.75, 3.05) is 38.5 Å². The fraction of sp³-hybridized carbons (Fsp3) is 0.909. The third-order valence-corrected chi connectivity index (χ3v) is 5.54. The van der Waals surface area contributed by atoms with Crippen molar-refractivity contribution in [1.29, 1.82) is 0 Å². The average molecular weight is 275 g/mol. The van der Waals surface area contributed by atoms with Crippen LogP contribution in [0, 0.1) is 5.92 Å². The molecule has 0 saturated carbocycles. The molecule has 0 unspecified atom stereocenters. The fourth-order valence-corrected chi connectivity index (χ4v) is 3.80. The van der Waals surface area contributed by atoms with Crippen LogP contribution >= 0.6 is 0 Å². The van der Waals surface area contributed by atoms with Gasteiger partial charge in [0.2, 0.25) is 15.9 Å². The second kappa shape index (κ2) is 5.14. The van der Waals surface area contributed by atoms with Gasteiger partial charge < -0.3 is 10.2 Å². The van der Waals surface area contributed by atoms with E-state index in [9.17, 15) is 13.2 Å². The highest BCUT2D eigenvalue weighted by molar-refractivity contribution is 7.89. The molecule has 0 aliphatic carbocycles. The molecule has 0 spiro atoms. The van der Waals surface area contributed by atoms with E-state index in [1.54, 1.807) is 6.92 Å². The molecule has 0 radical (unpaired) electrons. The predicted octanol–water partition coefficient (Wildman–Crippen LogP) is -0.912. The Morgan fingerprint density at radius 3 is 2.56 bits per heavy atom. The number of sulfonamides is 1. The normalized spacial score (nSPS) is 30.9. The first-order chi connectivity index (χ1) is 8.46. The van der Waals surface area contributed by atoms with E-state index in [1.807, 2.05) is 0 Å². The van der Waals surface area contributed by atoms with Crippen LogP contribution in [-0.2, 0) is 14.8 Å². The lowest BCUT2D eigenvalue weighted by Gasteiger charge is -2.31. The van der Waals surface area contributed by atoms with Crippen LogP contribution in [0.3, 0.4) is 0 Å². The summed E-state index contributed by atoms with van der Waals surface area (Å²) in [6.45, 7) is 6.69. The molecular weight excluding hydrogens is 254 g/mol. The van der Waals surface area contributed by atoms with Gasteiger partial charge in [0.25, 0.3) is 0 Å². The Bertz CT molecular complexity index is 423. The number of nitrogens with zero attached hydrogens (tertiary/aromatic N) is 2. The number of carbonyl (C=O) groups is 1. The van der Waals surface area contributed by atoms with Crippen LogP contribution in [0.4, 0.5) is 0 Å². The van der Waals surface area contributed by atoms with E-state index in [1.165, 1.54) is 4.31 Å². The van der Waals surface area contributed by atoms with E-state index < -0.39 is 10.0 Å². The summed E-state index contributed by atoms with van der Waals surface area (Å²) in [6, 6.07) is -0.0914. The summed E-state index contributed by atoms with van der Waals surface area (Å²) in [7, 11) is -3.21. The first kappa shape index (κ1) is 13.8. The quantitative estimate of drug-likeness (QED) is 0.724. The highest BCUT2D eigenvalue weighted by Gasteiger charge is 2.38. The largest absolute Gasteiger partial charge is 0.350 e. The van der Waals surface area contributed by atoms with Crippen LogP contribution in [-0.4, -0.2) is 68.0 Å². The molecule has 2 heterocycles. The number of rotatable bonds is 3. The Balaban J connectivity index is 2.23. The van der Waals surface area contributed by atoms with Crippen LogP contribution in [0.15, 0.2) is 0 Å². The van der Waals surface area contributed by atoms with Crippen LogP contribution in [0.1, 0.15) is 13.8 Å². The maximum absolute atomic E-state index is 12.0. The van der Waals surface area contributed by atoms with Gasteiger partial charge in [0.15, 0.2) is 0 Å². The molecule has 2 atom stereocenters. The monoisotopic (exact) mass is 275 g/mol. The summed E-state index contributed by atoms with van der Waals surface area (Å²) < 4.78 is 25.4. The Labute approximate surface area is 108 Å². The summed E-state index contributed by atoms with van der Waals surface area (Å²) in [5.74, 6) is -0.165. The van der Waals surface area contributed by atoms with Crippen molar-refractivity contribution in [1.82, 2.24) is 14.5 Å². The van der Waals surface area contributed by atoms with Crippen molar-refractivity contribution in [2.24, 2.45) is 5.92 Å². The van der Waals surface area contributed by atoms with Crippen molar-refractivity contribution in [3.63, 3.8) is 0 Å². The van der Waals surface area contributed by atoms with Gasteiger partial charge >= 0.3 is 0 Å². The molecule has 2 fully saturated rings. The molecule has 0 aromatic carbocycles. The van der Waals surface area contributed by atoms with Crippen LogP contribution in [0.5, 0.6) is 0 Å². The SMILES string of the molecule is CCN1C[C@H]2CN(S(=O)(=O)CC)C[C@@H](C1)C(=O)N2. The topological polar surface area (TPSA) is 69.7 Å². The van der Waals surface area contributed by atoms with Crippen molar-refractivity contribution in [3.05, 3.63) is 0 Å². The van der Waals surface area contributed by atoms with Gasteiger partial charge in [0, 0.05) is 26.2 Å². The standard InChI is InChI=1S/C11H21N3O3S/c1-3-13-5-9-6-14(18(16,17)4-2)8-10(7-13)12-11(9)15/h9-10H,3-8H2,1-2H3,(H,12,15)/t9-,10+/m1/s1. The average Bonchev–Trinajstić information content (AvgIpc) is 2.55. The second-order valence-electron chi connectivity index (χ2n) is 4.97. The number of likely N-dealkylation sites (N-methyl/N-ethyl adjacent to an activating group) is 1. The van der Waals surface area contributed by atoms with Crippen LogP contribution < -0.4 is 5.32 Å². The van der Waals surface area contributed by atoms with E-state index in [-0.39, 0.29) is 23.6 Å². The van der Waals surface area contributed by atoms with Gasteiger partial charge in [0.1, 0.15) is 0 Å². The maximum Gasteiger partial charge on any atom is 0.226 e. The molecule has 6 nitrogen and oxygen atoms in total. The van der Waals surface area contributed by atoms with Gasteiger partial charge in [0.05, 0.1) is 17.7 Å². The number of amides is 1. The zero-order chi connectivity index (χ0) is 13.3. The maximum atomic E-state index is 12.0. The molecule has 18 heavy (non-hydrogen) atoms. The lowest BCUT2D eigenvalue weighted by Crippen LogP contribution is -2.49. The first-order valence-corrected chi connectivity index (χ1v) is 8.07. The van der Waals surface area contributed by atoms with Crippen LogP contribution in [0.25, 0.3) is 0 Å². The molecule has 0 aromatic heterocycles. The Morgan fingerprint density at radius 2 is 1.94 bits per heavy atom. The molecule has 104 valence electrons. The number of hydrogen-bond acceptors (Lipinski definition) is 4. The van der Waals surface area contributed by atoms with E-state index in [4.69, 9.17) is 0 Å². The zero-order valence-electron chi connectivity index (χ0n) is 10.9. The van der Waals surface area contributed by atoms with Crippen molar-refractivity contribution in [3.8, 4) is 0 Å². The van der Waals surface area contributed by atoms with Gasteiger partial charge in [-0.2, -0.15) is 4.31 Å². The van der Waals surface area contributed by atoms with Gasteiger partial charge in [-0.3, -0.25) is 4.79 Å². The van der Waals surface area contributed by atoms with Gasteiger partial charge in [-0.25, -0.2) is 8.42 Å². The molecule has 2 aliphatic rings. The first-order valence-electron chi connectivity index (χ1n) is 6.46. The van der Waals surface area contributed by atoms with E-state index in [0.29, 0.717) is 19.6 Å². The molecule has 1 amide bonds. The molecule has 2 aliphatic heterocycles. The number of nitrogens with one attached hydrogen (secondary N) is 1. The highest BCUT2D eigenvalue weighted by Crippen LogP contribution is 2.18. The van der Waals surface area contributed by atoms with E-state index in [0.717, 1.165) is 13.1 Å². The Hall–Kier alpha value is -0.660. The number of carbonyl (C=O) groups excluding carboxylic acids is 1. The molecule has 0 aromatic rings. The minimum absolute atomic E-state index is 0.00949. The van der Waals surface area contributed by atoms with Crippen molar-refractivity contribution < 1.29 is 13.2 Å². The third-order valence-electron chi connectivity index (χ3n) is 3.73. The highest BCUT2D eigenvalue weighted by atomic mass is 32.2. The Kier molecular flexibility index (Phi) is 3.93. The predicted molar refractivity (Wildman–Crippen MR) is 68.6 cm³/mol. The summed E-state index contributed by atoms with van der Waals surface area (Å²) in [5, 5.41) is 2.94. The zero-order valence-corrected chi connectivity index (χ0v) is 11.7.